The van der Waals surface area contributed by atoms with Crippen molar-refractivity contribution in [1.82, 2.24) is 14.5 Å². The molecule has 1 aromatic carbocycles. The molecule has 3 aromatic rings. The lowest BCUT2D eigenvalue weighted by molar-refractivity contribution is 0.0377. The summed E-state index contributed by atoms with van der Waals surface area (Å²) in [5.41, 5.74) is 2.69. The van der Waals surface area contributed by atoms with Gasteiger partial charge in [0.25, 0.3) is 5.56 Å². The van der Waals surface area contributed by atoms with E-state index in [4.69, 9.17) is 9.72 Å². The summed E-state index contributed by atoms with van der Waals surface area (Å²) in [5.74, 6) is 0.486. The lowest BCUT2D eigenvalue weighted by Gasteiger charge is -2.19. The van der Waals surface area contributed by atoms with E-state index in [0.29, 0.717) is 18.7 Å². The van der Waals surface area contributed by atoms with Crippen LogP contribution in [-0.2, 0) is 30.7 Å². The molecule has 0 atom stereocenters. The number of fused-ring (bicyclic) bond motifs is 3. The van der Waals surface area contributed by atoms with E-state index in [-0.39, 0.29) is 17.6 Å². The fraction of sp³-hybridized carbons (Fsp3) is 0.500. The molecule has 3 heterocycles. The number of carbonyl (C=O) groups is 1. The largest absolute Gasteiger partial charge is 0.459 e. The van der Waals surface area contributed by atoms with Crippen molar-refractivity contribution >= 4 is 27.5 Å². The third-order valence-electron chi connectivity index (χ3n) is 6.56. The Morgan fingerprint density at radius 1 is 1.12 bits per heavy atom. The second-order valence-corrected chi connectivity index (χ2v) is 10.5. The van der Waals surface area contributed by atoms with Crippen molar-refractivity contribution in [2.75, 3.05) is 13.1 Å². The predicted octanol–water partition coefficient (Wildman–Crippen LogP) is 4.55. The average Bonchev–Trinajstić information content (AvgIpc) is 3.43. The van der Waals surface area contributed by atoms with Gasteiger partial charge in [0.15, 0.2) is 0 Å². The number of aryl methyl sites for hydroxylation is 2. The number of carbonyl (C=O) groups excluding carboxylic acids is 1. The maximum absolute atomic E-state index is 13.8. The lowest BCUT2D eigenvalue weighted by atomic mass is 9.97. The number of ether oxygens (including phenoxy) is 1. The van der Waals surface area contributed by atoms with E-state index in [0.717, 1.165) is 54.0 Å². The van der Waals surface area contributed by atoms with Gasteiger partial charge in [0.2, 0.25) is 0 Å². The molecular weight excluding hydrogens is 434 g/mol. The molecule has 0 N–H and O–H groups in total. The molecule has 1 fully saturated rings. The Hall–Kier alpha value is -2.51. The van der Waals surface area contributed by atoms with Crippen LogP contribution < -0.4 is 5.56 Å². The molecule has 5 rings (SSSR count). The molecule has 6 nitrogen and oxygen atoms in total. The molecule has 1 saturated heterocycles. The van der Waals surface area contributed by atoms with Gasteiger partial charge in [-0.2, -0.15) is 0 Å². The van der Waals surface area contributed by atoms with Gasteiger partial charge in [0.05, 0.1) is 30.1 Å². The Morgan fingerprint density at radius 2 is 1.91 bits per heavy atom. The fourth-order valence-electron chi connectivity index (χ4n) is 4.97. The molecule has 2 aliphatic rings. The second kappa shape index (κ2) is 9.39. The highest BCUT2D eigenvalue weighted by atomic mass is 32.1. The minimum atomic E-state index is -0.336. The van der Waals surface area contributed by atoms with Gasteiger partial charge in [0.1, 0.15) is 10.7 Å². The smallest absolute Gasteiger partial charge is 0.338 e. The van der Waals surface area contributed by atoms with E-state index < -0.39 is 0 Å². The first-order chi connectivity index (χ1) is 16.0. The second-order valence-electron chi connectivity index (χ2n) is 9.45. The van der Waals surface area contributed by atoms with E-state index in [2.05, 4.69) is 4.90 Å². The van der Waals surface area contributed by atoms with Crippen LogP contribution in [0.1, 0.15) is 71.7 Å². The van der Waals surface area contributed by atoms with Crippen LogP contribution in [0.5, 0.6) is 0 Å². The standard InChI is InChI=1S/C26H31N3O3S/c1-17(2)32-26(31)19-9-7-8-18(14-19)15-29-22(16-28-12-5-6-13-28)27-24-23(25(29)30)20-10-3-4-11-21(20)33-24/h7-9,14,17H,3-6,10-13,15-16H2,1-2H3. The van der Waals surface area contributed by atoms with Crippen molar-refractivity contribution in [3.8, 4) is 0 Å². The zero-order chi connectivity index (χ0) is 22.9. The molecule has 7 heteroatoms. The maximum atomic E-state index is 13.8. The Morgan fingerprint density at radius 3 is 2.70 bits per heavy atom. The monoisotopic (exact) mass is 465 g/mol. The molecule has 33 heavy (non-hydrogen) atoms. The summed E-state index contributed by atoms with van der Waals surface area (Å²) < 4.78 is 7.20. The quantitative estimate of drug-likeness (QED) is 0.500. The molecule has 1 aliphatic heterocycles. The van der Waals surface area contributed by atoms with E-state index in [1.54, 1.807) is 17.4 Å². The van der Waals surface area contributed by atoms with Gasteiger partial charge < -0.3 is 4.74 Å². The van der Waals surface area contributed by atoms with Crippen molar-refractivity contribution < 1.29 is 9.53 Å². The molecule has 0 amide bonds. The first kappa shape index (κ1) is 22.3. The number of esters is 1. The van der Waals surface area contributed by atoms with E-state index in [9.17, 15) is 9.59 Å². The van der Waals surface area contributed by atoms with Crippen LogP contribution >= 0.6 is 11.3 Å². The van der Waals surface area contributed by atoms with Crippen molar-refractivity contribution in [3.63, 3.8) is 0 Å². The number of nitrogens with zero attached hydrogens (tertiary/aromatic N) is 3. The molecule has 0 saturated carbocycles. The third kappa shape index (κ3) is 4.62. The van der Waals surface area contributed by atoms with Gasteiger partial charge >= 0.3 is 5.97 Å². The van der Waals surface area contributed by atoms with Gasteiger partial charge in [-0.25, -0.2) is 9.78 Å². The number of hydrogen-bond donors (Lipinski definition) is 0. The minimum absolute atomic E-state index is 0.0590. The number of likely N-dealkylation sites (tertiary alicyclic amines) is 1. The molecule has 2 aromatic heterocycles. The molecule has 0 unspecified atom stereocenters. The average molecular weight is 466 g/mol. The summed E-state index contributed by atoms with van der Waals surface area (Å²) >= 11 is 1.71. The Balaban J connectivity index is 1.56. The van der Waals surface area contributed by atoms with Crippen molar-refractivity contribution in [2.45, 2.75) is 71.6 Å². The first-order valence-corrected chi connectivity index (χ1v) is 12.9. The molecule has 174 valence electrons. The number of aromatic nitrogens is 2. The van der Waals surface area contributed by atoms with Crippen molar-refractivity contribution in [3.05, 3.63) is 62.0 Å². The van der Waals surface area contributed by atoms with E-state index >= 15 is 0 Å². The number of hydrogen-bond acceptors (Lipinski definition) is 6. The fourth-order valence-corrected chi connectivity index (χ4v) is 6.24. The Bertz CT molecular complexity index is 1240. The number of rotatable bonds is 6. The summed E-state index contributed by atoms with van der Waals surface area (Å²) in [6.07, 6.45) is 6.56. The van der Waals surface area contributed by atoms with Crippen LogP contribution in [0.15, 0.2) is 29.1 Å². The van der Waals surface area contributed by atoms with Crippen LogP contribution in [0.25, 0.3) is 10.2 Å². The summed E-state index contributed by atoms with van der Waals surface area (Å²) in [4.78, 5) is 35.9. The SMILES string of the molecule is CC(C)OC(=O)c1cccc(Cn2c(CN3CCCC3)nc3sc4c(c3c2=O)CCCC4)c1. The third-order valence-corrected chi connectivity index (χ3v) is 7.75. The number of thiophene rings is 1. The zero-order valence-electron chi connectivity index (χ0n) is 19.4. The topological polar surface area (TPSA) is 64.4 Å². The normalized spacial score (nSPS) is 16.5. The highest BCUT2D eigenvalue weighted by Crippen LogP contribution is 2.34. The van der Waals surface area contributed by atoms with Gasteiger partial charge in [-0.05, 0) is 88.7 Å². The highest BCUT2D eigenvalue weighted by molar-refractivity contribution is 7.18. The van der Waals surface area contributed by atoms with Crippen LogP contribution in [-0.4, -0.2) is 39.6 Å². The minimum Gasteiger partial charge on any atom is -0.459 e. The highest BCUT2D eigenvalue weighted by Gasteiger charge is 2.24. The van der Waals surface area contributed by atoms with E-state index in [1.807, 2.05) is 36.6 Å². The molecule has 0 spiro atoms. The summed E-state index contributed by atoms with van der Waals surface area (Å²) in [6.45, 7) is 6.86. The summed E-state index contributed by atoms with van der Waals surface area (Å²) in [7, 11) is 0. The summed E-state index contributed by atoms with van der Waals surface area (Å²) in [6, 6.07) is 7.42. The summed E-state index contributed by atoms with van der Waals surface area (Å²) in [5, 5.41) is 0.815. The Labute approximate surface area is 198 Å². The van der Waals surface area contributed by atoms with Crippen LogP contribution in [0.3, 0.4) is 0 Å². The van der Waals surface area contributed by atoms with Crippen molar-refractivity contribution in [2.24, 2.45) is 0 Å². The van der Waals surface area contributed by atoms with Crippen LogP contribution in [0, 0.1) is 0 Å². The van der Waals surface area contributed by atoms with Gasteiger partial charge in [-0.15, -0.1) is 11.3 Å². The lowest BCUT2D eigenvalue weighted by Crippen LogP contribution is -2.30. The molecule has 0 bridgehead atoms. The molecular formula is C26H31N3O3S. The number of benzene rings is 1. The van der Waals surface area contributed by atoms with Gasteiger partial charge in [0, 0.05) is 4.88 Å². The van der Waals surface area contributed by atoms with Crippen LogP contribution in [0.4, 0.5) is 0 Å². The van der Waals surface area contributed by atoms with E-state index in [1.165, 1.54) is 29.7 Å². The predicted molar refractivity (Wildman–Crippen MR) is 131 cm³/mol. The zero-order valence-corrected chi connectivity index (χ0v) is 20.2. The molecule has 1 aliphatic carbocycles. The first-order valence-electron chi connectivity index (χ1n) is 12.1. The van der Waals surface area contributed by atoms with Gasteiger partial charge in [-0.1, -0.05) is 12.1 Å². The molecule has 0 radical (unpaired) electrons. The Kier molecular flexibility index (Phi) is 6.34. The van der Waals surface area contributed by atoms with Crippen molar-refractivity contribution in [1.29, 1.82) is 0 Å². The van der Waals surface area contributed by atoms with Crippen LogP contribution in [0.2, 0.25) is 0 Å². The maximum Gasteiger partial charge on any atom is 0.338 e. The van der Waals surface area contributed by atoms with Gasteiger partial charge in [-0.3, -0.25) is 14.3 Å².